The summed E-state index contributed by atoms with van der Waals surface area (Å²) in [6.07, 6.45) is 1.86. The van der Waals surface area contributed by atoms with Crippen molar-refractivity contribution >= 4 is 33.2 Å². The van der Waals surface area contributed by atoms with Crippen LogP contribution in [0.25, 0.3) is 0 Å². The van der Waals surface area contributed by atoms with E-state index in [1.54, 1.807) is 11.3 Å². The molecule has 0 fully saturated rings. The summed E-state index contributed by atoms with van der Waals surface area (Å²) in [6.45, 7) is 2.08. The van der Waals surface area contributed by atoms with Crippen LogP contribution in [0.2, 0.25) is 0 Å². The number of nitrogens with one attached hydrogen (secondary N) is 1. The maximum absolute atomic E-state index is 13.1. The predicted molar refractivity (Wildman–Crippen MR) is 83.5 cm³/mol. The molecule has 20 heavy (non-hydrogen) atoms. The summed E-state index contributed by atoms with van der Waals surface area (Å²) in [5.41, 5.74) is 0.448. The Kier molecular flexibility index (Phi) is 5.31. The molecule has 2 rings (SSSR count). The minimum atomic E-state index is -0.364. The van der Waals surface area contributed by atoms with Crippen LogP contribution >= 0.6 is 27.3 Å². The summed E-state index contributed by atoms with van der Waals surface area (Å²) in [5.74, 6) is -0.555. The van der Waals surface area contributed by atoms with Gasteiger partial charge in [-0.3, -0.25) is 4.79 Å². The number of carbonyl (C=O) groups excluding carboxylic acids is 1. The van der Waals surface area contributed by atoms with Gasteiger partial charge in [0.05, 0.1) is 11.6 Å². The molecular weight excluding hydrogens is 341 g/mol. The summed E-state index contributed by atoms with van der Waals surface area (Å²) < 4.78 is 13.5. The molecule has 0 aliphatic heterocycles. The van der Waals surface area contributed by atoms with Crippen molar-refractivity contribution < 1.29 is 9.18 Å². The van der Waals surface area contributed by atoms with Crippen molar-refractivity contribution in [3.8, 4) is 0 Å². The predicted octanol–water partition coefficient (Wildman–Crippen LogP) is 4.92. The molecule has 2 aromatic rings. The molecule has 0 saturated heterocycles. The van der Waals surface area contributed by atoms with Crippen LogP contribution < -0.4 is 5.32 Å². The highest BCUT2D eigenvalue weighted by atomic mass is 79.9. The van der Waals surface area contributed by atoms with Crippen molar-refractivity contribution in [3.05, 3.63) is 56.4 Å². The molecule has 1 atom stereocenters. The van der Waals surface area contributed by atoms with Crippen LogP contribution in [-0.2, 0) is 0 Å². The lowest BCUT2D eigenvalue weighted by Crippen LogP contribution is -2.28. The van der Waals surface area contributed by atoms with Crippen molar-refractivity contribution in [2.24, 2.45) is 0 Å². The maximum atomic E-state index is 13.1. The van der Waals surface area contributed by atoms with Gasteiger partial charge in [-0.2, -0.15) is 0 Å². The average molecular weight is 356 g/mol. The third-order valence-electron chi connectivity index (χ3n) is 2.95. The van der Waals surface area contributed by atoms with Crippen LogP contribution in [0.5, 0.6) is 0 Å². The second-order valence-corrected chi connectivity index (χ2v) is 6.29. The Morgan fingerprint density at radius 2 is 2.25 bits per heavy atom. The fourth-order valence-electron chi connectivity index (χ4n) is 1.97. The molecule has 1 amide bonds. The molecule has 0 aliphatic rings. The van der Waals surface area contributed by atoms with E-state index in [-0.39, 0.29) is 17.8 Å². The molecule has 1 N–H and O–H groups in total. The van der Waals surface area contributed by atoms with Crippen molar-refractivity contribution in [1.29, 1.82) is 0 Å². The highest BCUT2D eigenvalue weighted by Crippen LogP contribution is 2.25. The third-order valence-corrected chi connectivity index (χ3v) is 4.59. The monoisotopic (exact) mass is 355 g/mol. The Hall–Kier alpha value is -1.20. The molecule has 1 aromatic carbocycles. The van der Waals surface area contributed by atoms with Gasteiger partial charge in [0.1, 0.15) is 5.82 Å². The third kappa shape index (κ3) is 3.67. The molecule has 106 valence electrons. The Bertz CT molecular complexity index is 586. The Labute approximate surface area is 130 Å². The van der Waals surface area contributed by atoms with E-state index in [1.807, 2.05) is 17.5 Å². The average Bonchev–Trinajstić information content (AvgIpc) is 2.91. The number of rotatable bonds is 5. The molecule has 0 spiro atoms. The molecule has 1 unspecified atom stereocenters. The lowest BCUT2D eigenvalue weighted by atomic mass is 10.1. The molecule has 0 saturated carbocycles. The summed E-state index contributed by atoms with van der Waals surface area (Å²) in [6, 6.07) is 8.08. The molecular formula is C15H15BrFNOS. The fourth-order valence-corrected chi connectivity index (χ4v) is 3.32. The van der Waals surface area contributed by atoms with Gasteiger partial charge in [-0.05, 0) is 52.0 Å². The summed E-state index contributed by atoms with van der Waals surface area (Å²) in [7, 11) is 0. The number of halogens is 2. The topological polar surface area (TPSA) is 29.1 Å². The van der Waals surface area contributed by atoms with E-state index in [9.17, 15) is 9.18 Å². The standard InChI is InChI=1S/C15H15BrFNOS/c1-2-4-13(14-5-3-8-20-14)18-15(19)11-7-6-10(17)9-12(11)16/h3,5-9,13H,2,4H2,1H3,(H,18,19). The molecule has 1 aromatic heterocycles. The highest BCUT2D eigenvalue weighted by Gasteiger charge is 2.17. The van der Waals surface area contributed by atoms with Crippen molar-refractivity contribution in [2.45, 2.75) is 25.8 Å². The van der Waals surface area contributed by atoms with Gasteiger partial charge >= 0.3 is 0 Å². The van der Waals surface area contributed by atoms with E-state index in [0.717, 1.165) is 17.7 Å². The first-order valence-corrected chi connectivity index (χ1v) is 8.08. The minimum absolute atomic E-state index is 0.00412. The van der Waals surface area contributed by atoms with Crippen LogP contribution in [0.4, 0.5) is 4.39 Å². The number of thiophene rings is 1. The molecule has 2 nitrogen and oxygen atoms in total. The normalized spacial score (nSPS) is 12.2. The van der Waals surface area contributed by atoms with Gasteiger partial charge in [-0.1, -0.05) is 19.4 Å². The molecule has 5 heteroatoms. The first-order valence-electron chi connectivity index (χ1n) is 6.41. The Morgan fingerprint density at radius 3 is 2.85 bits per heavy atom. The van der Waals surface area contributed by atoms with Crippen LogP contribution in [0.1, 0.15) is 41.0 Å². The number of benzene rings is 1. The maximum Gasteiger partial charge on any atom is 0.252 e. The van der Waals surface area contributed by atoms with Gasteiger partial charge in [0.25, 0.3) is 5.91 Å². The SMILES string of the molecule is CCCC(NC(=O)c1ccc(F)cc1Br)c1cccs1. The van der Waals surface area contributed by atoms with E-state index in [4.69, 9.17) is 0 Å². The zero-order valence-electron chi connectivity index (χ0n) is 11.0. The second kappa shape index (κ2) is 6.99. The zero-order chi connectivity index (χ0) is 14.5. The van der Waals surface area contributed by atoms with Crippen molar-refractivity contribution in [1.82, 2.24) is 5.32 Å². The van der Waals surface area contributed by atoms with Gasteiger partial charge in [0.2, 0.25) is 0 Å². The van der Waals surface area contributed by atoms with Crippen molar-refractivity contribution in [2.75, 3.05) is 0 Å². The lowest BCUT2D eigenvalue weighted by Gasteiger charge is -2.17. The van der Waals surface area contributed by atoms with E-state index < -0.39 is 0 Å². The van der Waals surface area contributed by atoms with Crippen LogP contribution in [0.15, 0.2) is 40.2 Å². The van der Waals surface area contributed by atoms with E-state index in [1.165, 1.54) is 18.2 Å². The largest absolute Gasteiger partial charge is 0.344 e. The molecule has 0 aliphatic carbocycles. The van der Waals surface area contributed by atoms with Gasteiger partial charge in [0, 0.05) is 9.35 Å². The molecule has 1 heterocycles. The number of amides is 1. The fraction of sp³-hybridized carbons (Fsp3) is 0.267. The summed E-state index contributed by atoms with van der Waals surface area (Å²) in [5, 5.41) is 5.01. The Morgan fingerprint density at radius 1 is 1.45 bits per heavy atom. The first-order chi connectivity index (χ1) is 9.61. The summed E-state index contributed by atoms with van der Waals surface area (Å²) in [4.78, 5) is 13.4. The molecule has 0 radical (unpaired) electrons. The second-order valence-electron chi connectivity index (χ2n) is 4.45. The van der Waals surface area contributed by atoms with Crippen LogP contribution in [-0.4, -0.2) is 5.91 Å². The number of carbonyl (C=O) groups is 1. The van der Waals surface area contributed by atoms with E-state index >= 15 is 0 Å². The van der Waals surface area contributed by atoms with Gasteiger partial charge in [0.15, 0.2) is 0 Å². The van der Waals surface area contributed by atoms with Gasteiger partial charge in [-0.25, -0.2) is 4.39 Å². The quantitative estimate of drug-likeness (QED) is 0.809. The van der Waals surface area contributed by atoms with E-state index in [0.29, 0.717) is 10.0 Å². The highest BCUT2D eigenvalue weighted by molar-refractivity contribution is 9.10. The summed E-state index contributed by atoms with van der Waals surface area (Å²) >= 11 is 4.86. The number of hydrogen-bond acceptors (Lipinski definition) is 2. The van der Waals surface area contributed by atoms with Crippen LogP contribution in [0, 0.1) is 5.82 Å². The van der Waals surface area contributed by atoms with Gasteiger partial charge < -0.3 is 5.32 Å². The Balaban J connectivity index is 2.16. The number of hydrogen-bond donors (Lipinski definition) is 1. The lowest BCUT2D eigenvalue weighted by molar-refractivity contribution is 0.0934. The van der Waals surface area contributed by atoms with Crippen molar-refractivity contribution in [3.63, 3.8) is 0 Å². The smallest absolute Gasteiger partial charge is 0.252 e. The first kappa shape index (κ1) is 15.2. The minimum Gasteiger partial charge on any atom is -0.344 e. The molecule has 0 bridgehead atoms. The van der Waals surface area contributed by atoms with Gasteiger partial charge in [-0.15, -0.1) is 11.3 Å². The van der Waals surface area contributed by atoms with Crippen LogP contribution in [0.3, 0.4) is 0 Å². The zero-order valence-corrected chi connectivity index (χ0v) is 13.4. The van der Waals surface area contributed by atoms with E-state index in [2.05, 4.69) is 28.2 Å².